The van der Waals surface area contributed by atoms with E-state index in [2.05, 4.69) is 11.2 Å². The van der Waals surface area contributed by atoms with Crippen LogP contribution < -0.4 is 4.74 Å². The second-order valence-corrected chi connectivity index (χ2v) is 5.46. The van der Waals surface area contributed by atoms with Crippen LogP contribution in [0.1, 0.15) is 21.5 Å². The number of nitrogens with zero attached hydrogens (tertiary/aromatic N) is 2. The van der Waals surface area contributed by atoms with Crippen LogP contribution in [-0.4, -0.2) is 28.0 Å². The first kappa shape index (κ1) is 13.6. The molecule has 3 aromatic rings. The SMILES string of the molecule is COc1cccc2c1Cc1cn(-c3ccc(C(=O)O)cc3)nc1-2. The largest absolute Gasteiger partial charge is 0.496 e. The van der Waals surface area contributed by atoms with Gasteiger partial charge in [0.25, 0.3) is 0 Å². The van der Waals surface area contributed by atoms with Crippen LogP contribution >= 0.6 is 0 Å². The Morgan fingerprint density at radius 2 is 2.00 bits per heavy atom. The van der Waals surface area contributed by atoms with Crippen LogP contribution in [0.2, 0.25) is 0 Å². The Bertz CT molecular complexity index is 911. The fourth-order valence-electron chi connectivity index (χ4n) is 3.01. The molecule has 1 N–H and O–H groups in total. The van der Waals surface area contributed by atoms with Crippen molar-refractivity contribution in [2.45, 2.75) is 6.42 Å². The number of aromatic nitrogens is 2. The third-order valence-electron chi connectivity index (χ3n) is 4.14. The summed E-state index contributed by atoms with van der Waals surface area (Å²) in [6.07, 6.45) is 2.78. The molecule has 1 aliphatic rings. The Labute approximate surface area is 132 Å². The van der Waals surface area contributed by atoms with Crippen molar-refractivity contribution in [3.63, 3.8) is 0 Å². The van der Waals surface area contributed by atoms with E-state index in [1.165, 1.54) is 5.56 Å². The van der Waals surface area contributed by atoms with E-state index in [1.54, 1.807) is 36.1 Å². The van der Waals surface area contributed by atoms with E-state index in [0.717, 1.165) is 34.7 Å². The van der Waals surface area contributed by atoms with Crippen molar-refractivity contribution in [2.75, 3.05) is 7.11 Å². The highest BCUT2D eigenvalue weighted by Gasteiger charge is 2.25. The smallest absolute Gasteiger partial charge is 0.335 e. The first-order valence-electron chi connectivity index (χ1n) is 7.26. The second kappa shape index (κ2) is 4.98. The predicted molar refractivity (Wildman–Crippen MR) is 85.3 cm³/mol. The zero-order valence-corrected chi connectivity index (χ0v) is 12.5. The summed E-state index contributed by atoms with van der Waals surface area (Å²) in [7, 11) is 1.68. The normalized spacial score (nSPS) is 11.9. The molecule has 5 heteroatoms. The molecule has 0 atom stereocenters. The Balaban J connectivity index is 1.74. The van der Waals surface area contributed by atoms with Gasteiger partial charge >= 0.3 is 5.97 Å². The Morgan fingerprint density at radius 1 is 1.22 bits per heavy atom. The molecule has 0 bridgehead atoms. The van der Waals surface area contributed by atoms with Crippen LogP contribution in [-0.2, 0) is 6.42 Å². The molecule has 5 nitrogen and oxygen atoms in total. The molecule has 0 unspecified atom stereocenters. The number of hydrogen-bond donors (Lipinski definition) is 1. The maximum Gasteiger partial charge on any atom is 0.335 e. The molecule has 0 spiro atoms. The van der Waals surface area contributed by atoms with Crippen LogP contribution in [0.5, 0.6) is 5.75 Å². The lowest BCUT2D eigenvalue weighted by Crippen LogP contribution is -1.99. The first-order chi connectivity index (χ1) is 11.2. The van der Waals surface area contributed by atoms with Gasteiger partial charge in [-0.15, -0.1) is 0 Å². The minimum atomic E-state index is -0.930. The molecule has 4 rings (SSSR count). The van der Waals surface area contributed by atoms with E-state index >= 15 is 0 Å². The molecule has 1 aliphatic carbocycles. The molecule has 23 heavy (non-hydrogen) atoms. The number of hydrogen-bond acceptors (Lipinski definition) is 3. The molecule has 2 aromatic carbocycles. The van der Waals surface area contributed by atoms with E-state index in [-0.39, 0.29) is 5.56 Å². The summed E-state index contributed by atoms with van der Waals surface area (Å²) in [6.45, 7) is 0. The molecular weight excluding hydrogens is 292 g/mol. The van der Waals surface area contributed by atoms with Gasteiger partial charge in [0.1, 0.15) is 5.75 Å². The summed E-state index contributed by atoms with van der Waals surface area (Å²) in [5.74, 6) is -0.0432. The standard InChI is InChI=1S/C18H14N2O3/c1-23-16-4-2-3-14-15(16)9-12-10-20(19-17(12)14)13-7-5-11(6-8-13)18(21)22/h2-8,10H,9H2,1H3,(H,21,22). The van der Waals surface area contributed by atoms with Gasteiger partial charge in [0.05, 0.1) is 24.1 Å². The third-order valence-corrected chi connectivity index (χ3v) is 4.14. The number of fused-ring (bicyclic) bond motifs is 3. The average Bonchev–Trinajstić information content (AvgIpc) is 3.12. The number of carbonyl (C=O) groups is 1. The Morgan fingerprint density at radius 3 is 2.70 bits per heavy atom. The van der Waals surface area contributed by atoms with Crippen molar-refractivity contribution in [3.05, 3.63) is 65.4 Å². The van der Waals surface area contributed by atoms with Crippen molar-refractivity contribution in [2.24, 2.45) is 0 Å². The molecule has 114 valence electrons. The molecule has 0 radical (unpaired) electrons. The van der Waals surface area contributed by atoms with Crippen molar-refractivity contribution in [1.29, 1.82) is 0 Å². The van der Waals surface area contributed by atoms with Crippen LogP contribution in [0.15, 0.2) is 48.7 Å². The van der Waals surface area contributed by atoms with E-state index in [4.69, 9.17) is 9.84 Å². The van der Waals surface area contributed by atoms with Crippen molar-refractivity contribution in [3.8, 4) is 22.7 Å². The molecule has 1 aromatic heterocycles. The summed E-state index contributed by atoms with van der Waals surface area (Å²) in [5.41, 5.74) is 5.48. The van der Waals surface area contributed by atoms with Crippen LogP contribution in [0, 0.1) is 0 Å². The van der Waals surface area contributed by atoms with Gasteiger partial charge in [0, 0.05) is 29.3 Å². The van der Waals surface area contributed by atoms with Crippen LogP contribution in [0.3, 0.4) is 0 Å². The van der Waals surface area contributed by atoms with E-state index < -0.39 is 5.97 Å². The number of aromatic carboxylic acids is 1. The highest BCUT2D eigenvalue weighted by Crippen LogP contribution is 2.40. The minimum absolute atomic E-state index is 0.267. The molecule has 0 fully saturated rings. The quantitative estimate of drug-likeness (QED) is 0.631. The zero-order valence-electron chi connectivity index (χ0n) is 12.5. The van der Waals surface area contributed by atoms with Gasteiger partial charge in [0.2, 0.25) is 0 Å². The predicted octanol–water partition coefficient (Wildman–Crippen LogP) is 3.15. The molecule has 0 aliphatic heterocycles. The number of benzene rings is 2. The summed E-state index contributed by atoms with van der Waals surface area (Å²) in [4.78, 5) is 10.9. The zero-order chi connectivity index (χ0) is 16.0. The number of carboxylic acid groups (broad SMARTS) is 1. The van der Waals surface area contributed by atoms with Gasteiger partial charge in [-0.3, -0.25) is 0 Å². The average molecular weight is 306 g/mol. The van der Waals surface area contributed by atoms with E-state index in [9.17, 15) is 4.79 Å². The maximum atomic E-state index is 10.9. The molecule has 0 amide bonds. The third kappa shape index (κ3) is 2.09. The van der Waals surface area contributed by atoms with Gasteiger partial charge in [-0.25, -0.2) is 9.48 Å². The van der Waals surface area contributed by atoms with E-state index in [1.807, 2.05) is 18.3 Å². The maximum absolute atomic E-state index is 10.9. The highest BCUT2D eigenvalue weighted by molar-refractivity contribution is 5.87. The first-order valence-corrected chi connectivity index (χ1v) is 7.26. The monoisotopic (exact) mass is 306 g/mol. The summed E-state index contributed by atoms with van der Waals surface area (Å²) in [5, 5.41) is 13.6. The fraction of sp³-hybridized carbons (Fsp3) is 0.111. The topological polar surface area (TPSA) is 64.3 Å². The number of ether oxygens (including phenoxy) is 1. The van der Waals surface area contributed by atoms with Crippen LogP contribution in [0.25, 0.3) is 16.9 Å². The summed E-state index contributed by atoms with van der Waals surface area (Å²) in [6, 6.07) is 12.7. The molecule has 0 saturated carbocycles. The second-order valence-electron chi connectivity index (χ2n) is 5.46. The van der Waals surface area contributed by atoms with Gasteiger partial charge < -0.3 is 9.84 Å². The lowest BCUT2D eigenvalue weighted by atomic mass is 10.1. The molecule has 0 saturated heterocycles. The van der Waals surface area contributed by atoms with Crippen molar-refractivity contribution >= 4 is 5.97 Å². The summed E-state index contributed by atoms with van der Waals surface area (Å²) >= 11 is 0. The lowest BCUT2D eigenvalue weighted by Gasteiger charge is -2.07. The molecule has 1 heterocycles. The van der Waals surface area contributed by atoms with Gasteiger partial charge in [-0.05, 0) is 30.3 Å². The number of rotatable bonds is 3. The lowest BCUT2D eigenvalue weighted by molar-refractivity contribution is 0.0697. The van der Waals surface area contributed by atoms with Crippen molar-refractivity contribution < 1.29 is 14.6 Å². The van der Waals surface area contributed by atoms with Gasteiger partial charge in [-0.2, -0.15) is 5.10 Å². The number of methoxy groups -OCH3 is 1. The van der Waals surface area contributed by atoms with E-state index in [0.29, 0.717) is 0 Å². The van der Waals surface area contributed by atoms with Crippen molar-refractivity contribution in [1.82, 2.24) is 9.78 Å². The van der Waals surface area contributed by atoms with Gasteiger partial charge in [0.15, 0.2) is 0 Å². The number of carboxylic acids is 1. The Hall–Kier alpha value is -3.08. The highest BCUT2D eigenvalue weighted by atomic mass is 16.5. The van der Waals surface area contributed by atoms with Gasteiger partial charge in [-0.1, -0.05) is 12.1 Å². The summed E-state index contributed by atoms with van der Waals surface area (Å²) < 4.78 is 7.21. The Kier molecular flexibility index (Phi) is 2.94. The minimum Gasteiger partial charge on any atom is -0.496 e. The fourth-order valence-corrected chi connectivity index (χ4v) is 3.01. The molecular formula is C18H14N2O3. The van der Waals surface area contributed by atoms with Crippen LogP contribution in [0.4, 0.5) is 0 Å².